The summed E-state index contributed by atoms with van der Waals surface area (Å²) in [5, 5.41) is 9.29. The molecule has 3 heteroatoms. The Balaban J connectivity index is 3.06. The third-order valence-electron chi connectivity index (χ3n) is 1.78. The third kappa shape index (κ3) is 2.13. The van der Waals surface area contributed by atoms with E-state index in [1.165, 1.54) is 25.3 Å². The van der Waals surface area contributed by atoms with Gasteiger partial charge in [-0.2, -0.15) is 0 Å². The van der Waals surface area contributed by atoms with Gasteiger partial charge in [0.15, 0.2) is 17.3 Å². The lowest BCUT2D eigenvalue weighted by Crippen LogP contribution is -1.95. The first-order valence-corrected chi connectivity index (χ1v) is 4.23. The summed E-state index contributed by atoms with van der Waals surface area (Å²) < 4.78 is 4.89. The van der Waals surface area contributed by atoms with E-state index in [0.717, 1.165) is 0 Å². The number of hydrogen-bond donors (Lipinski definition) is 1. The number of hydrogen-bond acceptors (Lipinski definition) is 3. The Morgan fingerprint density at radius 3 is 2.79 bits per heavy atom. The van der Waals surface area contributed by atoms with E-state index in [-0.39, 0.29) is 11.5 Å². The molecule has 1 rings (SSSR count). The lowest BCUT2D eigenvalue weighted by molar-refractivity contribution is 0.104. The van der Waals surface area contributed by atoms with Gasteiger partial charge in [-0.15, -0.1) is 0 Å². The molecule has 0 bridgehead atoms. The largest absolute Gasteiger partial charge is 0.504 e. The summed E-state index contributed by atoms with van der Waals surface area (Å²) in [6.45, 7) is 1.77. The molecule has 0 radical (unpaired) electrons. The first-order chi connectivity index (χ1) is 6.69. The Kier molecular flexibility index (Phi) is 3.29. The average molecular weight is 192 g/mol. The van der Waals surface area contributed by atoms with Gasteiger partial charge in [-0.3, -0.25) is 4.79 Å². The van der Waals surface area contributed by atoms with Crippen molar-refractivity contribution in [1.82, 2.24) is 0 Å². The van der Waals surface area contributed by atoms with Crippen molar-refractivity contribution in [2.45, 2.75) is 6.92 Å². The molecule has 0 heterocycles. The first-order valence-electron chi connectivity index (χ1n) is 4.23. The summed E-state index contributed by atoms with van der Waals surface area (Å²) in [7, 11) is 1.44. The van der Waals surface area contributed by atoms with Crippen LogP contribution in [-0.2, 0) is 0 Å². The number of carbonyl (C=O) groups excluding carboxylic acids is 1. The summed E-state index contributed by atoms with van der Waals surface area (Å²) >= 11 is 0. The lowest BCUT2D eigenvalue weighted by atomic mass is 10.1. The summed E-state index contributed by atoms with van der Waals surface area (Å²) in [6, 6.07) is 4.51. The van der Waals surface area contributed by atoms with Crippen LogP contribution in [0.4, 0.5) is 0 Å². The number of ketones is 1. The minimum atomic E-state index is -0.106. The minimum absolute atomic E-state index is 0.0320. The predicted octanol–water partition coefficient (Wildman–Crippen LogP) is 2.16. The normalized spacial score (nSPS) is 10.4. The van der Waals surface area contributed by atoms with E-state index in [1.807, 2.05) is 0 Å². The van der Waals surface area contributed by atoms with E-state index in [2.05, 4.69) is 0 Å². The number of rotatable bonds is 3. The molecule has 1 N–H and O–H groups in total. The number of phenolic OH excluding ortho intramolecular Hbond substituents is 1. The van der Waals surface area contributed by atoms with Crippen LogP contribution in [0.2, 0.25) is 0 Å². The van der Waals surface area contributed by atoms with Gasteiger partial charge >= 0.3 is 0 Å². The molecule has 1 aromatic carbocycles. The molecule has 0 fully saturated rings. The molecule has 0 saturated carbocycles. The molecule has 0 unspecified atom stereocenters. The first kappa shape index (κ1) is 10.3. The molecule has 0 amide bonds. The van der Waals surface area contributed by atoms with Crippen LogP contribution in [0.5, 0.6) is 11.5 Å². The molecule has 0 spiro atoms. The Bertz CT molecular complexity index is 367. The van der Waals surface area contributed by atoms with Crippen molar-refractivity contribution >= 4 is 5.78 Å². The van der Waals surface area contributed by atoms with Gasteiger partial charge in [0.05, 0.1) is 7.11 Å². The smallest absolute Gasteiger partial charge is 0.185 e. The SMILES string of the molecule is CC=CC(=O)c1ccc(O)c(OC)c1. The highest BCUT2D eigenvalue weighted by Gasteiger charge is 2.06. The molecular formula is C11H12O3. The highest BCUT2D eigenvalue weighted by Crippen LogP contribution is 2.26. The minimum Gasteiger partial charge on any atom is -0.504 e. The standard InChI is InChI=1S/C11H12O3/c1-3-4-9(12)8-5-6-10(13)11(7-8)14-2/h3-7,13H,1-2H3. The highest BCUT2D eigenvalue weighted by molar-refractivity contribution is 6.04. The van der Waals surface area contributed by atoms with E-state index >= 15 is 0 Å². The summed E-state index contributed by atoms with van der Waals surface area (Å²) in [6.07, 6.45) is 3.13. The summed E-state index contributed by atoms with van der Waals surface area (Å²) in [5.41, 5.74) is 0.498. The number of ether oxygens (including phenoxy) is 1. The van der Waals surface area contributed by atoms with Crippen LogP contribution in [0, 0.1) is 0 Å². The Morgan fingerprint density at radius 2 is 2.21 bits per heavy atom. The second-order valence-electron chi connectivity index (χ2n) is 2.75. The molecule has 0 atom stereocenters. The zero-order chi connectivity index (χ0) is 10.6. The average Bonchev–Trinajstić information content (AvgIpc) is 2.19. The quantitative estimate of drug-likeness (QED) is 0.589. The van der Waals surface area contributed by atoms with Crippen molar-refractivity contribution in [3.8, 4) is 11.5 Å². The lowest BCUT2D eigenvalue weighted by Gasteiger charge is -2.03. The number of methoxy groups -OCH3 is 1. The number of carbonyl (C=O) groups is 1. The summed E-state index contributed by atoms with van der Waals surface area (Å²) in [4.78, 5) is 11.4. The van der Waals surface area contributed by atoms with Crippen molar-refractivity contribution in [1.29, 1.82) is 0 Å². The molecular weight excluding hydrogens is 180 g/mol. The summed E-state index contributed by atoms with van der Waals surface area (Å²) in [5.74, 6) is 0.232. The number of benzene rings is 1. The van der Waals surface area contributed by atoms with Crippen molar-refractivity contribution < 1.29 is 14.6 Å². The number of allylic oxidation sites excluding steroid dienone is 2. The fraction of sp³-hybridized carbons (Fsp3) is 0.182. The maximum absolute atomic E-state index is 11.4. The fourth-order valence-electron chi connectivity index (χ4n) is 1.08. The third-order valence-corrected chi connectivity index (χ3v) is 1.78. The van der Waals surface area contributed by atoms with Crippen LogP contribution in [0.15, 0.2) is 30.4 Å². The fourth-order valence-corrected chi connectivity index (χ4v) is 1.08. The van der Waals surface area contributed by atoms with E-state index in [1.54, 1.807) is 19.1 Å². The van der Waals surface area contributed by atoms with E-state index < -0.39 is 0 Å². The van der Waals surface area contributed by atoms with Gasteiger partial charge in [-0.25, -0.2) is 0 Å². The van der Waals surface area contributed by atoms with Gasteiger partial charge in [0.2, 0.25) is 0 Å². The highest BCUT2D eigenvalue weighted by atomic mass is 16.5. The maximum Gasteiger partial charge on any atom is 0.185 e. The second-order valence-corrected chi connectivity index (χ2v) is 2.75. The van der Waals surface area contributed by atoms with Gasteiger partial charge in [0, 0.05) is 5.56 Å². The zero-order valence-corrected chi connectivity index (χ0v) is 8.15. The van der Waals surface area contributed by atoms with Crippen LogP contribution in [0.3, 0.4) is 0 Å². The van der Waals surface area contributed by atoms with Crippen molar-refractivity contribution in [2.75, 3.05) is 7.11 Å². The topological polar surface area (TPSA) is 46.5 Å². The van der Waals surface area contributed by atoms with Crippen molar-refractivity contribution in [2.24, 2.45) is 0 Å². The monoisotopic (exact) mass is 192 g/mol. The van der Waals surface area contributed by atoms with Crippen LogP contribution >= 0.6 is 0 Å². The molecule has 3 nitrogen and oxygen atoms in total. The van der Waals surface area contributed by atoms with Gasteiger partial charge < -0.3 is 9.84 Å². The van der Waals surface area contributed by atoms with Crippen LogP contribution in [-0.4, -0.2) is 18.0 Å². The van der Waals surface area contributed by atoms with Crippen LogP contribution in [0.1, 0.15) is 17.3 Å². The molecule has 74 valence electrons. The van der Waals surface area contributed by atoms with Crippen molar-refractivity contribution in [3.63, 3.8) is 0 Å². The Hall–Kier alpha value is -1.77. The van der Waals surface area contributed by atoms with E-state index in [9.17, 15) is 9.90 Å². The van der Waals surface area contributed by atoms with Gasteiger partial charge in [0.1, 0.15) is 0 Å². The van der Waals surface area contributed by atoms with E-state index in [0.29, 0.717) is 11.3 Å². The van der Waals surface area contributed by atoms with Gasteiger partial charge in [-0.1, -0.05) is 6.08 Å². The van der Waals surface area contributed by atoms with Gasteiger partial charge in [-0.05, 0) is 31.2 Å². The van der Waals surface area contributed by atoms with Crippen LogP contribution in [0.25, 0.3) is 0 Å². The molecule has 0 aliphatic carbocycles. The van der Waals surface area contributed by atoms with E-state index in [4.69, 9.17) is 4.74 Å². The van der Waals surface area contributed by atoms with Gasteiger partial charge in [0.25, 0.3) is 0 Å². The molecule has 1 aromatic rings. The van der Waals surface area contributed by atoms with Crippen LogP contribution < -0.4 is 4.74 Å². The maximum atomic E-state index is 11.4. The Morgan fingerprint density at radius 1 is 1.50 bits per heavy atom. The Labute approximate surface area is 82.6 Å². The van der Waals surface area contributed by atoms with Crippen molar-refractivity contribution in [3.05, 3.63) is 35.9 Å². The second kappa shape index (κ2) is 4.46. The molecule has 0 saturated heterocycles. The molecule has 14 heavy (non-hydrogen) atoms. The predicted molar refractivity (Wildman–Crippen MR) is 53.8 cm³/mol. The number of phenols is 1. The zero-order valence-electron chi connectivity index (χ0n) is 8.15. The molecule has 0 aliphatic rings. The number of aromatic hydroxyl groups is 1. The molecule has 0 aliphatic heterocycles. The molecule has 0 aromatic heterocycles.